The van der Waals surface area contributed by atoms with E-state index in [-0.39, 0.29) is 12.5 Å². The van der Waals surface area contributed by atoms with Crippen LogP contribution in [-0.4, -0.2) is 34.4 Å². The maximum atomic E-state index is 11.8. The molecule has 0 bridgehead atoms. The Bertz CT molecular complexity index is 624. The quantitative estimate of drug-likeness (QED) is 0.852. The molecule has 21 heavy (non-hydrogen) atoms. The Labute approximate surface area is 122 Å². The van der Waals surface area contributed by atoms with Gasteiger partial charge < -0.3 is 19.4 Å². The first kappa shape index (κ1) is 14.8. The number of ether oxygens (including phenoxy) is 2. The van der Waals surface area contributed by atoms with E-state index in [2.05, 4.69) is 15.5 Å². The van der Waals surface area contributed by atoms with Gasteiger partial charge in [-0.25, -0.2) is 0 Å². The molecule has 0 saturated heterocycles. The third-order valence-corrected chi connectivity index (χ3v) is 2.93. The van der Waals surface area contributed by atoms with E-state index < -0.39 is 0 Å². The van der Waals surface area contributed by atoms with Crippen molar-refractivity contribution in [3.05, 3.63) is 35.9 Å². The van der Waals surface area contributed by atoms with Gasteiger partial charge in [0.05, 0.1) is 13.7 Å². The summed E-state index contributed by atoms with van der Waals surface area (Å²) in [5, 5.41) is 10.3. The number of amides is 1. The minimum absolute atomic E-state index is 0.0860. The second-order valence-corrected chi connectivity index (χ2v) is 4.58. The highest BCUT2D eigenvalue weighted by molar-refractivity contribution is 5.77. The van der Waals surface area contributed by atoms with Crippen LogP contribution in [0.3, 0.4) is 0 Å². The second kappa shape index (κ2) is 6.74. The topological polar surface area (TPSA) is 78.3 Å². The van der Waals surface area contributed by atoms with Gasteiger partial charge in [-0.05, 0) is 24.6 Å². The molecule has 0 aliphatic carbocycles. The summed E-state index contributed by atoms with van der Waals surface area (Å²) >= 11 is 0. The smallest absolute Gasteiger partial charge is 0.258 e. The van der Waals surface area contributed by atoms with Gasteiger partial charge >= 0.3 is 0 Å². The molecule has 0 atom stereocenters. The molecule has 0 unspecified atom stereocenters. The predicted molar refractivity (Wildman–Crippen MR) is 76.1 cm³/mol. The van der Waals surface area contributed by atoms with Crippen LogP contribution in [0.5, 0.6) is 11.5 Å². The third-order valence-electron chi connectivity index (χ3n) is 2.93. The maximum Gasteiger partial charge on any atom is 0.258 e. The second-order valence-electron chi connectivity index (χ2n) is 4.58. The van der Waals surface area contributed by atoms with Gasteiger partial charge in [0.15, 0.2) is 23.9 Å². The Balaban J connectivity index is 1.85. The molecule has 7 heteroatoms. The van der Waals surface area contributed by atoms with E-state index >= 15 is 0 Å². The number of methoxy groups -OCH3 is 1. The van der Waals surface area contributed by atoms with E-state index in [0.29, 0.717) is 23.9 Å². The number of aryl methyl sites for hydroxylation is 2. The van der Waals surface area contributed by atoms with Crippen LogP contribution in [0, 0.1) is 6.92 Å². The van der Waals surface area contributed by atoms with Gasteiger partial charge in [-0.1, -0.05) is 6.07 Å². The lowest BCUT2D eigenvalue weighted by Gasteiger charge is -2.11. The molecule has 2 aromatic rings. The van der Waals surface area contributed by atoms with Crippen LogP contribution in [0.25, 0.3) is 0 Å². The first-order valence-electron chi connectivity index (χ1n) is 6.47. The Morgan fingerprint density at radius 1 is 1.38 bits per heavy atom. The third kappa shape index (κ3) is 3.95. The van der Waals surface area contributed by atoms with Crippen molar-refractivity contribution in [2.75, 3.05) is 13.7 Å². The summed E-state index contributed by atoms with van der Waals surface area (Å²) in [7, 11) is 3.38. The molecule has 0 saturated carbocycles. The standard InChI is InChI=1S/C14H18N4O3/c1-10-4-5-11(12(6-10)20-3)21-8-14(19)15-7-13-17-16-9-18(13)2/h4-6,9H,7-8H2,1-3H3,(H,15,19). The van der Waals surface area contributed by atoms with Crippen molar-refractivity contribution in [1.82, 2.24) is 20.1 Å². The van der Waals surface area contributed by atoms with Gasteiger partial charge in [0, 0.05) is 7.05 Å². The Kier molecular flexibility index (Phi) is 4.76. The van der Waals surface area contributed by atoms with E-state index in [0.717, 1.165) is 5.56 Å². The van der Waals surface area contributed by atoms with Crippen LogP contribution in [0.4, 0.5) is 0 Å². The molecular formula is C14H18N4O3. The number of rotatable bonds is 6. The van der Waals surface area contributed by atoms with Crippen molar-refractivity contribution in [3.8, 4) is 11.5 Å². The number of hydrogen-bond donors (Lipinski definition) is 1. The fourth-order valence-electron chi connectivity index (χ4n) is 1.73. The summed E-state index contributed by atoms with van der Waals surface area (Å²) in [5.74, 6) is 1.59. The molecule has 1 N–H and O–H groups in total. The highest BCUT2D eigenvalue weighted by Gasteiger charge is 2.09. The number of carbonyl (C=O) groups excluding carboxylic acids is 1. The average Bonchev–Trinajstić information content (AvgIpc) is 2.89. The van der Waals surface area contributed by atoms with Crippen LogP contribution in [0.15, 0.2) is 24.5 Å². The van der Waals surface area contributed by atoms with Crippen LogP contribution in [-0.2, 0) is 18.4 Å². The van der Waals surface area contributed by atoms with Crippen LogP contribution in [0.2, 0.25) is 0 Å². The number of hydrogen-bond acceptors (Lipinski definition) is 5. The van der Waals surface area contributed by atoms with E-state index in [1.165, 1.54) is 0 Å². The molecule has 0 aliphatic rings. The molecule has 1 aromatic heterocycles. The van der Waals surface area contributed by atoms with E-state index in [1.54, 1.807) is 24.1 Å². The zero-order valence-electron chi connectivity index (χ0n) is 12.3. The Morgan fingerprint density at radius 3 is 2.86 bits per heavy atom. The fourth-order valence-corrected chi connectivity index (χ4v) is 1.73. The van der Waals surface area contributed by atoms with Gasteiger partial charge in [0.2, 0.25) is 0 Å². The summed E-state index contributed by atoms with van der Waals surface area (Å²) in [5.41, 5.74) is 1.06. The zero-order valence-corrected chi connectivity index (χ0v) is 12.3. The number of carbonyl (C=O) groups is 1. The average molecular weight is 290 g/mol. The van der Waals surface area contributed by atoms with E-state index in [4.69, 9.17) is 9.47 Å². The first-order valence-corrected chi connectivity index (χ1v) is 6.47. The summed E-state index contributed by atoms with van der Waals surface area (Å²) in [4.78, 5) is 11.8. The first-order chi connectivity index (χ1) is 10.1. The van der Waals surface area contributed by atoms with Gasteiger partial charge in [-0.15, -0.1) is 10.2 Å². The summed E-state index contributed by atoms with van der Waals surface area (Å²) in [6.07, 6.45) is 1.58. The predicted octanol–water partition coefficient (Wildman–Crippen LogP) is 0.827. The van der Waals surface area contributed by atoms with Crippen molar-refractivity contribution in [3.63, 3.8) is 0 Å². The van der Waals surface area contributed by atoms with Crippen molar-refractivity contribution in [2.45, 2.75) is 13.5 Å². The molecule has 112 valence electrons. The number of nitrogens with one attached hydrogen (secondary N) is 1. The molecule has 2 rings (SSSR count). The minimum Gasteiger partial charge on any atom is -0.493 e. The van der Waals surface area contributed by atoms with Crippen molar-refractivity contribution >= 4 is 5.91 Å². The molecule has 1 heterocycles. The normalized spacial score (nSPS) is 10.2. The van der Waals surface area contributed by atoms with E-state index in [9.17, 15) is 4.79 Å². The number of nitrogens with zero attached hydrogens (tertiary/aromatic N) is 3. The highest BCUT2D eigenvalue weighted by Crippen LogP contribution is 2.27. The van der Waals surface area contributed by atoms with Gasteiger partial charge in [0.25, 0.3) is 5.91 Å². The molecule has 0 radical (unpaired) electrons. The maximum absolute atomic E-state index is 11.8. The largest absolute Gasteiger partial charge is 0.493 e. The van der Waals surface area contributed by atoms with Crippen LogP contribution >= 0.6 is 0 Å². The van der Waals surface area contributed by atoms with E-state index in [1.807, 2.05) is 26.1 Å². The molecule has 7 nitrogen and oxygen atoms in total. The fraction of sp³-hybridized carbons (Fsp3) is 0.357. The summed E-state index contributed by atoms with van der Waals surface area (Å²) in [6, 6.07) is 5.53. The molecule has 1 amide bonds. The highest BCUT2D eigenvalue weighted by atomic mass is 16.5. The minimum atomic E-state index is -0.236. The molecule has 0 spiro atoms. The number of aromatic nitrogens is 3. The lowest BCUT2D eigenvalue weighted by molar-refractivity contribution is -0.123. The van der Waals surface area contributed by atoms with Gasteiger partial charge in [-0.2, -0.15) is 0 Å². The monoisotopic (exact) mass is 290 g/mol. The zero-order chi connectivity index (χ0) is 15.2. The molecular weight excluding hydrogens is 272 g/mol. The van der Waals surface area contributed by atoms with Crippen LogP contribution < -0.4 is 14.8 Å². The van der Waals surface area contributed by atoms with Gasteiger partial charge in [0.1, 0.15) is 6.33 Å². The lowest BCUT2D eigenvalue weighted by Crippen LogP contribution is -2.29. The van der Waals surface area contributed by atoms with Crippen molar-refractivity contribution in [1.29, 1.82) is 0 Å². The molecule has 0 fully saturated rings. The molecule has 1 aromatic carbocycles. The van der Waals surface area contributed by atoms with Gasteiger partial charge in [-0.3, -0.25) is 4.79 Å². The van der Waals surface area contributed by atoms with Crippen molar-refractivity contribution in [2.24, 2.45) is 7.05 Å². The van der Waals surface area contributed by atoms with Crippen LogP contribution in [0.1, 0.15) is 11.4 Å². The Morgan fingerprint density at radius 2 is 2.19 bits per heavy atom. The number of benzene rings is 1. The summed E-state index contributed by atoms with van der Waals surface area (Å²) in [6.45, 7) is 2.18. The van der Waals surface area contributed by atoms with Crippen molar-refractivity contribution < 1.29 is 14.3 Å². The SMILES string of the molecule is COc1cc(C)ccc1OCC(=O)NCc1nncn1C. The lowest BCUT2D eigenvalue weighted by atomic mass is 10.2. The molecule has 0 aliphatic heterocycles. The summed E-state index contributed by atoms with van der Waals surface area (Å²) < 4.78 is 12.4. The Hall–Kier alpha value is -2.57.